The molecule has 0 N–H and O–H groups in total. The average Bonchev–Trinajstić information content (AvgIpc) is 0. The van der Waals surface area contributed by atoms with E-state index in [1.54, 1.807) is 0 Å². The Morgan fingerprint density at radius 2 is 0.750 bits per heavy atom. The smallest absolute Gasteiger partial charge is 1.00 e. The fraction of sp³-hybridized carbons (Fsp3) is 0. The van der Waals surface area contributed by atoms with Crippen molar-refractivity contribution in [2.45, 2.75) is 0 Å². The average molecular weight is 118 g/mol. The van der Waals surface area contributed by atoms with Crippen molar-refractivity contribution in [2.75, 3.05) is 0 Å². The van der Waals surface area contributed by atoms with Gasteiger partial charge in [-0.3, -0.25) is 0 Å². The van der Waals surface area contributed by atoms with Gasteiger partial charge in [0.05, 0.1) is 0 Å². The first-order valence-electron chi connectivity index (χ1n) is 0. The monoisotopic (exact) mass is 117 g/mol. The van der Waals surface area contributed by atoms with Gasteiger partial charge in [0, 0.05) is 0 Å². The summed E-state index contributed by atoms with van der Waals surface area (Å²) in [5.41, 5.74) is 0. The molecule has 0 rings (SSSR count). The van der Waals surface area contributed by atoms with Crippen LogP contribution in [0.25, 0.3) is 0 Å². The van der Waals surface area contributed by atoms with Gasteiger partial charge >= 0.3 is 56.6 Å². The van der Waals surface area contributed by atoms with Crippen LogP contribution in [0, 0.1) is 0 Å². The summed E-state index contributed by atoms with van der Waals surface area (Å²) in [6.07, 6.45) is 0. The maximum atomic E-state index is 0. The van der Waals surface area contributed by atoms with Crippen molar-refractivity contribution in [1.29, 1.82) is 0 Å². The van der Waals surface area contributed by atoms with Gasteiger partial charge in [0.1, 0.15) is 0 Å². The Kier molecular flexibility index (Phi) is 144. The molecule has 0 amide bonds. The molecule has 0 nitrogen and oxygen atoms in total. The summed E-state index contributed by atoms with van der Waals surface area (Å²) in [4.78, 5) is 0. The van der Waals surface area contributed by atoms with E-state index in [1.807, 2.05) is 0 Å². The molecule has 0 aromatic rings. The second kappa shape index (κ2) is 18.0. The Bertz CT molecular complexity index is 6.00. The molecule has 0 aromatic carbocycles. The molecule has 0 aromatic heterocycles. The number of hydrogen-bond acceptors (Lipinski definition) is 0. The minimum Gasteiger partial charge on any atom is -1.00 e. The predicted molar refractivity (Wildman–Crippen MR) is 5.75 cm³/mol. The van der Waals surface area contributed by atoms with Crippen molar-refractivity contribution in [3.8, 4) is 0 Å². The molecule has 0 aliphatic rings. The third kappa shape index (κ3) is 8.83. The van der Waals surface area contributed by atoms with Gasteiger partial charge in [-0.2, -0.15) is 0 Å². The predicted octanol–water partition coefficient (Wildman–Crippen LogP) is -9.37. The molecule has 0 spiro atoms. The molecule has 0 heterocycles. The first kappa shape index (κ1) is 32.0. The van der Waals surface area contributed by atoms with Crippen LogP contribution < -0.4 is 43.7 Å². The Balaban J connectivity index is 0. The van der Waals surface area contributed by atoms with Crippen molar-refractivity contribution < 1.29 is 43.7 Å². The minimum absolute atomic E-state index is 0. The molecule has 4 heteroatoms. The zero-order valence-corrected chi connectivity index (χ0v) is 6.18. The van der Waals surface area contributed by atoms with Crippen molar-refractivity contribution >= 4 is 37.7 Å². The Labute approximate surface area is 80.1 Å². The standard InChI is InChI=1S/Ca.2ClH.Li/h;2*1H;/q+2;;;+1/p-2. The molecule has 0 fully saturated rings. The van der Waals surface area contributed by atoms with Crippen LogP contribution in [0.1, 0.15) is 0 Å². The minimum atomic E-state index is 0. The van der Waals surface area contributed by atoms with Gasteiger partial charge in [-0.25, -0.2) is 0 Å². The van der Waals surface area contributed by atoms with Crippen LogP contribution in [0.2, 0.25) is 0 Å². The van der Waals surface area contributed by atoms with E-state index >= 15 is 0 Å². The van der Waals surface area contributed by atoms with Crippen LogP contribution in [0.5, 0.6) is 0 Å². The zero-order valence-electron chi connectivity index (χ0n) is 2.46. The second-order valence-electron chi connectivity index (χ2n) is 0. The van der Waals surface area contributed by atoms with E-state index in [1.165, 1.54) is 0 Å². The van der Waals surface area contributed by atoms with Crippen LogP contribution in [-0.2, 0) is 0 Å². The fourth-order valence-electron chi connectivity index (χ4n) is 0. The van der Waals surface area contributed by atoms with Crippen LogP contribution in [0.4, 0.5) is 0 Å². The topological polar surface area (TPSA) is 0 Å². The van der Waals surface area contributed by atoms with E-state index in [0.29, 0.717) is 0 Å². The molecule has 4 heavy (non-hydrogen) atoms. The Morgan fingerprint density at radius 1 is 0.750 bits per heavy atom. The SMILES string of the molecule is [Ca+2].[Cl-].[Cl-].[Li+]. The molecule has 0 aliphatic heterocycles. The summed E-state index contributed by atoms with van der Waals surface area (Å²) in [7, 11) is 0. The molecule has 16 valence electrons. The van der Waals surface area contributed by atoms with Gasteiger partial charge in [-0.15, -0.1) is 0 Å². The molecular formula is CaCl2Li+. The van der Waals surface area contributed by atoms with Gasteiger partial charge in [-0.05, 0) is 0 Å². The van der Waals surface area contributed by atoms with E-state index in [2.05, 4.69) is 0 Å². The van der Waals surface area contributed by atoms with Gasteiger partial charge in [0.25, 0.3) is 0 Å². The van der Waals surface area contributed by atoms with Crippen molar-refractivity contribution in [2.24, 2.45) is 0 Å². The summed E-state index contributed by atoms with van der Waals surface area (Å²) < 4.78 is 0. The largest absolute Gasteiger partial charge is 2.00 e. The van der Waals surface area contributed by atoms with E-state index in [9.17, 15) is 0 Å². The van der Waals surface area contributed by atoms with E-state index in [0.717, 1.165) is 0 Å². The fourth-order valence-corrected chi connectivity index (χ4v) is 0. The van der Waals surface area contributed by atoms with E-state index in [4.69, 9.17) is 0 Å². The van der Waals surface area contributed by atoms with Gasteiger partial charge in [0.15, 0.2) is 0 Å². The van der Waals surface area contributed by atoms with Gasteiger partial charge in [0.2, 0.25) is 0 Å². The summed E-state index contributed by atoms with van der Waals surface area (Å²) in [6, 6.07) is 0. The normalized spacial score (nSPS) is 0. The third-order valence-electron chi connectivity index (χ3n) is 0. The Morgan fingerprint density at radius 3 is 0.750 bits per heavy atom. The molecule has 0 saturated heterocycles. The number of rotatable bonds is 0. The third-order valence-corrected chi connectivity index (χ3v) is 0. The summed E-state index contributed by atoms with van der Waals surface area (Å²) >= 11 is 0. The van der Waals surface area contributed by atoms with Gasteiger partial charge < -0.3 is 24.8 Å². The molecule has 0 atom stereocenters. The molecule has 0 saturated carbocycles. The summed E-state index contributed by atoms with van der Waals surface area (Å²) in [5.74, 6) is 0. The maximum absolute atomic E-state index is 0. The quantitative estimate of drug-likeness (QED) is 0.277. The van der Waals surface area contributed by atoms with Crippen molar-refractivity contribution in [3.05, 3.63) is 0 Å². The first-order valence-corrected chi connectivity index (χ1v) is 0. The van der Waals surface area contributed by atoms with Crippen LogP contribution in [0.3, 0.4) is 0 Å². The summed E-state index contributed by atoms with van der Waals surface area (Å²) in [5, 5.41) is 0. The molecule has 0 radical (unpaired) electrons. The molecule has 0 unspecified atom stereocenters. The van der Waals surface area contributed by atoms with Crippen molar-refractivity contribution in [3.63, 3.8) is 0 Å². The number of hydrogen-bond donors (Lipinski definition) is 0. The Hall–Kier alpha value is 2.44. The van der Waals surface area contributed by atoms with Gasteiger partial charge in [-0.1, -0.05) is 0 Å². The molecular weight excluding hydrogens is 118 g/mol. The summed E-state index contributed by atoms with van der Waals surface area (Å²) in [6.45, 7) is 0. The maximum Gasteiger partial charge on any atom is 2.00 e. The van der Waals surface area contributed by atoms with E-state index < -0.39 is 0 Å². The van der Waals surface area contributed by atoms with Crippen LogP contribution in [0.15, 0.2) is 0 Å². The van der Waals surface area contributed by atoms with Crippen LogP contribution in [-0.4, -0.2) is 37.7 Å². The second-order valence-corrected chi connectivity index (χ2v) is 0. The zero-order chi connectivity index (χ0) is 0. The van der Waals surface area contributed by atoms with E-state index in [-0.39, 0.29) is 81.4 Å². The molecule has 0 aliphatic carbocycles. The number of halogens is 2. The van der Waals surface area contributed by atoms with Crippen LogP contribution >= 0.6 is 0 Å². The van der Waals surface area contributed by atoms with Crippen molar-refractivity contribution in [1.82, 2.24) is 0 Å². The first-order chi connectivity index (χ1) is 0. The molecule has 0 bridgehead atoms.